The predicted octanol–water partition coefficient (Wildman–Crippen LogP) is 3.20. The molecule has 1 unspecified atom stereocenters. The molecule has 0 fully saturated rings. The van der Waals surface area contributed by atoms with Gasteiger partial charge >= 0.3 is 0 Å². The molecule has 9 heavy (non-hydrogen) atoms. The first-order valence-electron chi connectivity index (χ1n) is 3.34. The van der Waals surface area contributed by atoms with Crippen LogP contribution >= 0.6 is 9.24 Å². The highest BCUT2D eigenvalue weighted by Crippen LogP contribution is 2.20. The smallest absolute Gasteiger partial charge is 0.0296 e. The van der Waals surface area contributed by atoms with E-state index in [9.17, 15) is 0 Å². The van der Waals surface area contributed by atoms with Crippen molar-refractivity contribution in [2.24, 2.45) is 5.41 Å². The Balaban J connectivity index is 3.64. The van der Waals surface area contributed by atoms with Crippen LogP contribution in [0.5, 0.6) is 0 Å². The molecule has 0 heterocycles. The van der Waals surface area contributed by atoms with Crippen LogP contribution in [0.15, 0.2) is 11.4 Å². The SMILES string of the molecule is C/C(P)=C\CC(C)(C)C. The van der Waals surface area contributed by atoms with Gasteiger partial charge in [0.2, 0.25) is 0 Å². The van der Waals surface area contributed by atoms with Gasteiger partial charge in [-0.1, -0.05) is 32.2 Å². The lowest BCUT2D eigenvalue weighted by molar-refractivity contribution is 0.420. The minimum atomic E-state index is 0.442. The molecule has 0 aromatic carbocycles. The Morgan fingerprint density at radius 3 is 2.00 bits per heavy atom. The Labute approximate surface area is 60.9 Å². The van der Waals surface area contributed by atoms with Crippen LogP contribution in [0, 0.1) is 5.41 Å². The Morgan fingerprint density at radius 1 is 1.44 bits per heavy atom. The van der Waals surface area contributed by atoms with Crippen LogP contribution in [0.1, 0.15) is 34.1 Å². The summed E-state index contributed by atoms with van der Waals surface area (Å²) in [5.41, 5.74) is 0.442. The maximum absolute atomic E-state index is 2.70. The molecule has 0 radical (unpaired) electrons. The van der Waals surface area contributed by atoms with Gasteiger partial charge < -0.3 is 0 Å². The molecule has 0 aliphatic carbocycles. The van der Waals surface area contributed by atoms with Crippen LogP contribution in [0.25, 0.3) is 0 Å². The molecule has 0 saturated heterocycles. The molecule has 1 heteroatoms. The first kappa shape index (κ1) is 9.17. The van der Waals surface area contributed by atoms with Crippen molar-refractivity contribution in [3.05, 3.63) is 11.4 Å². The molecular weight excluding hydrogens is 127 g/mol. The van der Waals surface area contributed by atoms with Gasteiger partial charge in [0.05, 0.1) is 0 Å². The van der Waals surface area contributed by atoms with Crippen LogP contribution in [0.2, 0.25) is 0 Å². The van der Waals surface area contributed by atoms with Crippen LogP contribution in [0.3, 0.4) is 0 Å². The molecule has 0 rings (SSSR count). The van der Waals surface area contributed by atoms with Crippen LogP contribution < -0.4 is 0 Å². The number of rotatable bonds is 1. The third-order valence-corrected chi connectivity index (χ3v) is 1.27. The molecular formula is C8H17P. The van der Waals surface area contributed by atoms with Gasteiger partial charge in [-0.2, -0.15) is 0 Å². The molecule has 0 aliphatic heterocycles. The quantitative estimate of drug-likeness (QED) is 0.496. The Morgan fingerprint density at radius 2 is 1.89 bits per heavy atom. The Bertz CT molecular complexity index is 102. The summed E-state index contributed by atoms with van der Waals surface area (Å²) in [6.45, 7) is 8.85. The summed E-state index contributed by atoms with van der Waals surface area (Å²) >= 11 is 0. The summed E-state index contributed by atoms with van der Waals surface area (Å²) in [4.78, 5) is 0. The normalized spacial score (nSPS) is 14.1. The lowest BCUT2D eigenvalue weighted by atomic mass is 9.92. The second kappa shape index (κ2) is 3.37. The van der Waals surface area contributed by atoms with Crippen molar-refractivity contribution in [2.45, 2.75) is 34.1 Å². The van der Waals surface area contributed by atoms with Crippen molar-refractivity contribution in [3.8, 4) is 0 Å². The average Bonchev–Trinajstić information content (AvgIpc) is 1.59. The van der Waals surface area contributed by atoms with Crippen molar-refractivity contribution in [2.75, 3.05) is 0 Å². The number of hydrogen-bond donors (Lipinski definition) is 0. The summed E-state index contributed by atoms with van der Waals surface area (Å²) in [5, 5.41) is 1.34. The molecule has 54 valence electrons. The minimum Gasteiger partial charge on any atom is -0.111 e. The molecule has 1 atom stereocenters. The molecule has 0 aliphatic rings. The van der Waals surface area contributed by atoms with Crippen molar-refractivity contribution in [1.82, 2.24) is 0 Å². The molecule has 0 nitrogen and oxygen atoms in total. The fraction of sp³-hybridized carbons (Fsp3) is 0.750. The lowest BCUT2D eigenvalue weighted by Crippen LogP contribution is -2.01. The third-order valence-electron chi connectivity index (χ3n) is 1.04. The zero-order valence-corrected chi connectivity index (χ0v) is 8.02. The van der Waals surface area contributed by atoms with E-state index in [4.69, 9.17) is 0 Å². The van der Waals surface area contributed by atoms with Gasteiger partial charge in [0.1, 0.15) is 0 Å². The highest BCUT2D eigenvalue weighted by Gasteiger charge is 2.06. The van der Waals surface area contributed by atoms with Gasteiger partial charge in [-0.05, 0) is 18.8 Å². The van der Waals surface area contributed by atoms with Crippen molar-refractivity contribution in [1.29, 1.82) is 0 Å². The molecule has 0 spiro atoms. The molecule has 0 amide bonds. The van der Waals surface area contributed by atoms with Gasteiger partial charge in [0.25, 0.3) is 0 Å². The lowest BCUT2D eigenvalue weighted by Gasteiger charge is -2.14. The second-order valence-electron chi connectivity index (χ2n) is 3.71. The summed E-state index contributed by atoms with van der Waals surface area (Å²) in [6.07, 6.45) is 3.42. The van der Waals surface area contributed by atoms with E-state index in [-0.39, 0.29) is 0 Å². The molecule has 0 saturated carbocycles. The highest BCUT2D eigenvalue weighted by atomic mass is 31.0. The van der Waals surface area contributed by atoms with Crippen LogP contribution in [0.4, 0.5) is 0 Å². The fourth-order valence-electron chi connectivity index (χ4n) is 0.467. The van der Waals surface area contributed by atoms with Gasteiger partial charge in [-0.3, -0.25) is 0 Å². The second-order valence-corrected chi connectivity index (χ2v) is 4.62. The fourth-order valence-corrected chi connectivity index (χ4v) is 0.585. The van der Waals surface area contributed by atoms with E-state index in [1.54, 1.807) is 0 Å². The van der Waals surface area contributed by atoms with Gasteiger partial charge in [-0.15, -0.1) is 9.24 Å². The molecule has 0 N–H and O–H groups in total. The summed E-state index contributed by atoms with van der Waals surface area (Å²) in [7, 11) is 2.70. The maximum Gasteiger partial charge on any atom is -0.0296 e. The van der Waals surface area contributed by atoms with Gasteiger partial charge in [-0.25, -0.2) is 0 Å². The zero-order chi connectivity index (χ0) is 7.49. The van der Waals surface area contributed by atoms with E-state index in [1.807, 2.05) is 0 Å². The van der Waals surface area contributed by atoms with Crippen LogP contribution in [-0.2, 0) is 0 Å². The van der Waals surface area contributed by atoms with Crippen LogP contribution in [-0.4, -0.2) is 0 Å². The van der Waals surface area contributed by atoms with Crippen molar-refractivity contribution >= 4 is 9.24 Å². The van der Waals surface area contributed by atoms with E-state index < -0.39 is 0 Å². The number of allylic oxidation sites excluding steroid dienone is 2. The average molecular weight is 144 g/mol. The van der Waals surface area contributed by atoms with E-state index in [0.717, 1.165) is 0 Å². The molecule has 0 bridgehead atoms. The Kier molecular flexibility index (Phi) is 3.43. The van der Waals surface area contributed by atoms with Crippen molar-refractivity contribution in [3.63, 3.8) is 0 Å². The first-order valence-corrected chi connectivity index (χ1v) is 3.92. The topological polar surface area (TPSA) is 0 Å². The molecule has 0 aromatic rings. The summed E-state index contributed by atoms with van der Waals surface area (Å²) in [6, 6.07) is 0. The highest BCUT2D eigenvalue weighted by molar-refractivity contribution is 7.22. The monoisotopic (exact) mass is 144 g/mol. The minimum absolute atomic E-state index is 0.442. The van der Waals surface area contributed by atoms with Gasteiger partial charge in [0, 0.05) is 0 Å². The number of hydrogen-bond acceptors (Lipinski definition) is 0. The van der Waals surface area contributed by atoms with E-state index >= 15 is 0 Å². The maximum atomic E-state index is 2.70. The third kappa shape index (κ3) is 8.17. The van der Waals surface area contributed by atoms with E-state index in [1.165, 1.54) is 11.7 Å². The van der Waals surface area contributed by atoms with E-state index in [0.29, 0.717) is 5.41 Å². The predicted molar refractivity (Wildman–Crippen MR) is 47.5 cm³/mol. The first-order chi connectivity index (χ1) is 3.92. The van der Waals surface area contributed by atoms with E-state index in [2.05, 4.69) is 43.0 Å². The summed E-state index contributed by atoms with van der Waals surface area (Å²) in [5.74, 6) is 0. The summed E-state index contributed by atoms with van der Waals surface area (Å²) < 4.78 is 0. The van der Waals surface area contributed by atoms with Gasteiger partial charge in [0.15, 0.2) is 0 Å². The zero-order valence-electron chi connectivity index (χ0n) is 6.86. The standard InChI is InChI=1S/C8H17P/c1-7(9)5-6-8(2,3)4/h5H,6,9H2,1-4H3/b7-5+. The molecule has 0 aromatic heterocycles. The largest absolute Gasteiger partial charge is 0.111 e. The van der Waals surface area contributed by atoms with Crippen molar-refractivity contribution < 1.29 is 0 Å². The Hall–Kier alpha value is 0.170.